The molecule has 0 radical (unpaired) electrons. The summed E-state index contributed by atoms with van der Waals surface area (Å²) >= 11 is 0. The van der Waals surface area contributed by atoms with E-state index in [1.54, 1.807) is 12.3 Å². The Morgan fingerprint density at radius 2 is 1.82 bits per heavy atom. The van der Waals surface area contributed by atoms with Crippen molar-refractivity contribution in [1.82, 2.24) is 9.71 Å². The van der Waals surface area contributed by atoms with Crippen molar-refractivity contribution in [2.75, 3.05) is 0 Å². The lowest BCUT2D eigenvalue weighted by Crippen LogP contribution is -2.09. The van der Waals surface area contributed by atoms with Crippen LogP contribution >= 0.6 is 0 Å². The van der Waals surface area contributed by atoms with Crippen LogP contribution in [0.25, 0.3) is 22.0 Å². The van der Waals surface area contributed by atoms with Crippen LogP contribution in [0.4, 0.5) is 4.39 Å². The van der Waals surface area contributed by atoms with Crippen molar-refractivity contribution in [3.05, 3.63) is 66.1 Å². The molecule has 1 heterocycles. The number of nitrogens with one attached hydrogen (secondary N) is 1. The topological polar surface area (TPSA) is 59.1 Å². The van der Waals surface area contributed by atoms with Crippen LogP contribution in [0.5, 0.6) is 0 Å². The predicted molar refractivity (Wildman–Crippen MR) is 84.3 cm³/mol. The van der Waals surface area contributed by atoms with Crippen LogP contribution in [-0.2, 0) is 17.4 Å². The van der Waals surface area contributed by atoms with Crippen molar-refractivity contribution < 1.29 is 12.8 Å². The normalized spacial score (nSPS) is 11.2. The maximum atomic E-state index is 13.3. The molecule has 0 unspecified atom stereocenters. The van der Waals surface area contributed by atoms with Gasteiger partial charge in [-0.05, 0) is 34.9 Å². The number of nitrogens with zero attached hydrogens (tertiary/aromatic N) is 1. The third kappa shape index (κ3) is 3.13. The lowest BCUT2D eigenvalue weighted by atomic mass is 10.0. The lowest BCUT2D eigenvalue weighted by Gasteiger charge is -2.07. The van der Waals surface area contributed by atoms with E-state index in [0.29, 0.717) is 5.52 Å². The predicted octanol–water partition coefficient (Wildman–Crippen LogP) is 2.66. The van der Waals surface area contributed by atoms with Gasteiger partial charge in [-0.2, -0.15) is 0 Å². The van der Waals surface area contributed by atoms with Crippen molar-refractivity contribution >= 4 is 21.8 Å². The lowest BCUT2D eigenvalue weighted by molar-refractivity contribution is 0.601. The molecule has 3 rings (SSSR count). The van der Waals surface area contributed by atoms with Gasteiger partial charge in [-0.3, -0.25) is 4.98 Å². The molecule has 6 heteroatoms. The Hall–Kier alpha value is -2.31. The maximum Gasteiger partial charge on any atom is 0.201 e. The molecule has 3 aromatic rings. The molecule has 0 saturated carbocycles. The summed E-state index contributed by atoms with van der Waals surface area (Å²) in [5, 5.41) is 0.873. The molecular formula is C16H13FN2O2S. The summed E-state index contributed by atoms with van der Waals surface area (Å²) < 4.78 is 36.7. The molecule has 0 aliphatic heterocycles. The molecule has 0 spiro atoms. The van der Waals surface area contributed by atoms with E-state index < -0.39 is 10.9 Å². The fourth-order valence-electron chi connectivity index (χ4n) is 2.33. The van der Waals surface area contributed by atoms with Gasteiger partial charge in [0, 0.05) is 24.2 Å². The van der Waals surface area contributed by atoms with Crippen molar-refractivity contribution in [1.29, 1.82) is 0 Å². The minimum atomic E-state index is -2.60. The summed E-state index contributed by atoms with van der Waals surface area (Å²) in [5.74, 6) is -0.315. The maximum absolute atomic E-state index is 13.3. The molecule has 1 aromatic heterocycles. The standard InChI is InChI=1S/C16H13FN2O2S/c17-13-5-6-15-14(7-8-18-16(15)9-13)12-3-1-11(2-4-12)10-19-22(20)21/h1-9,22H,10H2,(H,19,20,21). The molecule has 0 bridgehead atoms. The molecule has 112 valence electrons. The largest absolute Gasteiger partial charge is 0.256 e. The van der Waals surface area contributed by atoms with Gasteiger partial charge in [0.15, 0.2) is 0 Å². The number of halogens is 1. The van der Waals surface area contributed by atoms with E-state index in [0.717, 1.165) is 22.1 Å². The van der Waals surface area contributed by atoms with Crippen molar-refractivity contribution in [3.8, 4) is 11.1 Å². The van der Waals surface area contributed by atoms with Gasteiger partial charge >= 0.3 is 0 Å². The molecule has 2 aromatic carbocycles. The van der Waals surface area contributed by atoms with Gasteiger partial charge in [0.1, 0.15) is 5.82 Å². The number of aromatic nitrogens is 1. The third-order valence-electron chi connectivity index (χ3n) is 3.38. The van der Waals surface area contributed by atoms with Crippen LogP contribution in [-0.4, -0.2) is 13.4 Å². The molecule has 0 aliphatic rings. The molecule has 0 fully saturated rings. The zero-order valence-corrected chi connectivity index (χ0v) is 12.4. The average Bonchev–Trinajstić information content (AvgIpc) is 2.52. The van der Waals surface area contributed by atoms with Crippen LogP contribution in [0.2, 0.25) is 0 Å². The first kappa shape index (κ1) is 14.6. The number of benzene rings is 2. The summed E-state index contributed by atoms with van der Waals surface area (Å²) in [6.45, 7) is 0.265. The third-order valence-corrected chi connectivity index (χ3v) is 3.80. The van der Waals surface area contributed by atoms with E-state index in [-0.39, 0.29) is 12.4 Å². The Balaban J connectivity index is 1.97. The van der Waals surface area contributed by atoms with Crippen LogP contribution in [0.1, 0.15) is 5.56 Å². The van der Waals surface area contributed by atoms with E-state index in [9.17, 15) is 12.8 Å². The number of hydrogen-bond acceptors (Lipinski definition) is 3. The van der Waals surface area contributed by atoms with Crippen LogP contribution in [0.3, 0.4) is 0 Å². The van der Waals surface area contributed by atoms with E-state index in [4.69, 9.17) is 0 Å². The molecule has 0 saturated heterocycles. The smallest absolute Gasteiger partial charge is 0.201 e. The minimum Gasteiger partial charge on any atom is -0.256 e. The molecular weight excluding hydrogens is 303 g/mol. The van der Waals surface area contributed by atoms with Gasteiger partial charge < -0.3 is 0 Å². The molecule has 0 atom stereocenters. The Labute approximate surface area is 128 Å². The Kier molecular flexibility index (Phi) is 4.13. The van der Waals surface area contributed by atoms with Gasteiger partial charge in [0.2, 0.25) is 10.9 Å². The minimum absolute atomic E-state index is 0.265. The van der Waals surface area contributed by atoms with Gasteiger partial charge in [-0.25, -0.2) is 17.5 Å². The Morgan fingerprint density at radius 3 is 2.55 bits per heavy atom. The highest BCUT2D eigenvalue weighted by molar-refractivity contribution is 7.70. The molecule has 0 aliphatic carbocycles. The zero-order chi connectivity index (χ0) is 15.5. The first-order valence-corrected chi connectivity index (χ1v) is 7.83. The number of fused-ring (bicyclic) bond motifs is 1. The van der Waals surface area contributed by atoms with Crippen LogP contribution < -0.4 is 4.72 Å². The zero-order valence-electron chi connectivity index (χ0n) is 11.5. The van der Waals surface area contributed by atoms with Gasteiger partial charge in [0.25, 0.3) is 0 Å². The summed E-state index contributed by atoms with van der Waals surface area (Å²) in [7, 11) is -2.60. The Morgan fingerprint density at radius 1 is 1.05 bits per heavy atom. The molecule has 0 amide bonds. The van der Waals surface area contributed by atoms with Crippen molar-refractivity contribution in [2.45, 2.75) is 6.54 Å². The van der Waals surface area contributed by atoms with Crippen molar-refractivity contribution in [2.24, 2.45) is 0 Å². The molecule has 4 nitrogen and oxygen atoms in total. The second-order valence-corrected chi connectivity index (χ2v) is 5.64. The Bertz CT molecular complexity index is 884. The fraction of sp³-hybridized carbons (Fsp3) is 0.0625. The first-order chi connectivity index (χ1) is 10.6. The number of pyridine rings is 1. The number of thiol groups is 1. The van der Waals surface area contributed by atoms with E-state index in [2.05, 4.69) is 9.71 Å². The summed E-state index contributed by atoms with van der Waals surface area (Å²) in [6.07, 6.45) is 1.65. The summed E-state index contributed by atoms with van der Waals surface area (Å²) in [6, 6.07) is 13.9. The SMILES string of the molecule is O=[SH](=O)NCc1ccc(-c2ccnc3cc(F)ccc23)cc1. The first-order valence-electron chi connectivity index (χ1n) is 6.65. The highest BCUT2D eigenvalue weighted by atomic mass is 32.2. The van der Waals surface area contributed by atoms with Crippen LogP contribution in [0.15, 0.2) is 54.7 Å². The average molecular weight is 316 g/mol. The quantitative estimate of drug-likeness (QED) is 0.728. The van der Waals surface area contributed by atoms with Gasteiger partial charge in [-0.15, -0.1) is 0 Å². The van der Waals surface area contributed by atoms with E-state index >= 15 is 0 Å². The van der Waals surface area contributed by atoms with E-state index in [1.165, 1.54) is 12.1 Å². The van der Waals surface area contributed by atoms with E-state index in [1.807, 2.05) is 30.3 Å². The second kappa shape index (κ2) is 6.21. The highest BCUT2D eigenvalue weighted by Crippen LogP contribution is 2.28. The monoisotopic (exact) mass is 316 g/mol. The van der Waals surface area contributed by atoms with Gasteiger partial charge in [-0.1, -0.05) is 24.3 Å². The van der Waals surface area contributed by atoms with Crippen LogP contribution in [0, 0.1) is 5.82 Å². The highest BCUT2D eigenvalue weighted by Gasteiger charge is 2.05. The second-order valence-electron chi connectivity index (χ2n) is 4.81. The number of rotatable bonds is 4. The van der Waals surface area contributed by atoms with Crippen molar-refractivity contribution in [3.63, 3.8) is 0 Å². The summed E-state index contributed by atoms with van der Waals surface area (Å²) in [5.41, 5.74) is 3.40. The molecule has 22 heavy (non-hydrogen) atoms. The molecule has 1 N–H and O–H groups in total. The summed E-state index contributed by atoms with van der Waals surface area (Å²) in [4.78, 5) is 4.18. The number of hydrogen-bond donors (Lipinski definition) is 2. The fourth-order valence-corrected chi connectivity index (χ4v) is 2.64. The van der Waals surface area contributed by atoms with Gasteiger partial charge in [0.05, 0.1) is 5.52 Å².